The molecule has 4 nitrogen and oxygen atoms in total. The first-order chi connectivity index (χ1) is 9.49. The lowest BCUT2D eigenvalue weighted by Crippen LogP contribution is -2.10. The molecule has 0 amide bonds. The predicted molar refractivity (Wildman–Crippen MR) is 83.5 cm³/mol. The normalized spacial score (nSPS) is 10.9. The third-order valence-corrected chi connectivity index (χ3v) is 5.50. The Balaban J connectivity index is 4.12. The standard InChI is InChI=1S/C15H29O4P/c1-5-18-14(16)8-11-20(10-7-13(3)4)12-9-15(17)19-6-2/h13H,5-12H2,1-4H3. The molecule has 0 N–H and O–H groups in total. The van der Waals surface area contributed by atoms with Gasteiger partial charge in [-0.1, -0.05) is 13.8 Å². The van der Waals surface area contributed by atoms with Crippen molar-refractivity contribution in [2.75, 3.05) is 31.7 Å². The zero-order chi connectivity index (χ0) is 15.4. The predicted octanol–water partition coefficient (Wildman–Crippen LogP) is 3.42. The maximum absolute atomic E-state index is 11.4. The van der Waals surface area contributed by atoms with Crippen LogP contribution in [0.25, 0.3) is 0 Å². The van der Waals surface area contributed by atoms with E-state index >= 15 is 0 Å². The second-order valence-electron chi connectivity index (χ2n) is 5.13. The van der Waals surface area contributed by atoms with Crippen LogP contribution in [0.2, 0.25) is 0 Å². The lowest BCUT2D eigenvalue weighted by Gasteiger charge is -2.18. The fourth-order valence-electron chi connectivity index (χ4n) is 1.74. The first-order valence-electron chi connectivity index (χ1n) is 7.53. The van der Waals surface area contributed by atoms with Gasteiger partial charge in [0, 0.05) is 12.8 Å². The Kier molecular flexibility index (Phi) is 11.8. The average Bonchev–Trinajstić information content (AvgIpc) is 2.38. The summed E-state index contributed by atoms with van der Waals surface area (Å²) in [6.07, 6.45) is 4.94. The lowest BCUT2D eigenvalue weighted by atomic mass is 10.2. The highest BCUT2D eigenvalue weighted by molar-refractivity contribution is 7.57. The number of carbonyl (C=O) groups is 2. The van der Waals surface area contributed by atoms with E-state index in [1.165, 1.54) is 0 Å². The molecule has 0 spiro atoms. The smallest absolute Gasteiger partial charge is 0.306 e. The summed E-state index contributed by atoms with van der Waals surface area (Å²) in [7, 11) is -0.281. The van der Waals surface area contributed by atoms with Crippen LogP contribution in [-0.4, -0.2) is 43.6 Å². The van der Waals surface area contributed by atoms with Gasteiger partial charge in [0.1, 0.15) is 0 Å². The van der Waals surface area contributed by atoms with Gasteiger partial charge in [0.15, 0.2) is 0 Å². The minimum Gasteiger partial charge on any atom is -0.466 e. The van der Waals surface area contributed by atoms with Crippen molar-refractivity contribution >= 4 is 19.9 Å². The number of hydrogen-bond acceptors (Lipinski definition) is 4. The maximum Gasteiger partial charge on any atom is 0.306 e. The molecule has 20 heavy (non-hydrogen) atoms. The van der Waals surface area contributed by atoms with Crippen molar-refractivity contribution in [1.29, 1.82) is 0 Å². The molecule has 0 saturated heterocycles. The molecule has 0 radical (unpaired) electrons. The molecule has 0 saturated carbocycles. The second-order valence-corrected chi connectivity index (χ2v) is 7.82. The number of hydrogen-bond donors (Lipinski definition) is 0. The Bertz CT molecular complexity index is 257. The van der Waals surface area contributed by atoms with Crippen LogP contribution in [0.5, 0.6) is 0 Å². The highest BCUT2D eigenvalue weighted by Gasteiger charge is 2.14. The average molecular weight is 304 g/mol. The summed E-state index contributed by atoms with van der Waals surface area (Å²) in [6, 6.07) is 0. The molecule has 0 aromatic heterocycles. The van der Waals surface area contributed by atoms with Crippen LogP contribution in [0.1, 0.15) is 47.0 Å². The van der Waals surface area contributed by atoms with Gasteiger partial charge in [-0.25, -0.2) is 0 Å². The molecule has 0 aromatic rings. The maximum atomic E-state index is 11.4. The fraction of sp³-hybridized carbons (Fsp3) is 0.867. The topological polar surface area (TPSA) is 52.6 Å². The van der Waals surface area contributed by atoms with Crippen LogP contribution < -0.4 is 0 Å². The summed E-state index contributed by atoms with van der Waals surface area (Å²) in [5.74, 6) is 0.409. The minimum absolute atomic E-state index is 0.124. The van der Waals surface area contributed by atoms with Gasteiger partial charge >= 0.3 is 11.9 Å². The number of rotatable bonds is 11. The number of carbonyl (C=O) groups excluding carboxylic acids is 2. The van der Waals surface area contributed by atoms with Crippen molar-refractivity contribution in [3.8, 4) is 0 Å². The molecule has 0 fully saturated rings. The molecule has 0 bridgehead atoms. The van der Waals surface area contributed by atoms with Gasteiger partial charge in [0.05, 0.1) is 13.2 Å². The zero-order valence-corrected chi connectivity index (χ0v) is 14.2. The number of ether oxygens (including phenoxy) is 2. The van der Waals surface area contributed by atoms with Gasteiger partial charge < -0.3 is 9.47 Å². The van der Waals surface area contributed by atoms with Crippen LogP contribution in [0.15, 0.2) is 0 Å². The highest BCUT2D eigenvalue weighted by atomic mass is 31.1. The lowest BCUT2D eigenvalue weighted by molar-refractivity contribution is -0.143. The molecular formula is C15H29O4P. The number of esters is 2. The van der Waals surface area contributed by atoms with E-state index in [0.29, 0.717) is 32.0 Å². The van der Waals surface area contributed by atoms with Crippen molar-refractivity contribution in [2.45, 2.75) is 47.0 Å². The third kappa shape index (κ3) is 11.2. The molecule has 0 aromatic carbocycles. The molecule has 118 valence electrons. The SMILES string of the molecule is CCOC(=O)CCP(CCC(=O)OCC)CCC(C)C. The fourth-order valence-corrected chi connectivity index (χ4v) is 4.29. The quantitative estimate of drug-likeness (QED) is 0.433. The Morgan fingerprint density at radius 1 is 0.900 bits per heavy atom. The Morgan fingerprint density at radius 3 is 1.70 bits per heavy atom. The summed E-state index contributed by atoms with van der Waals surface area (Å²) in [6.45, 7) is 8.91. The third-order valence-electron chi connectivity index (χ3n) is 2.90. The molecular weight excluding hydrogens is 275 g/mol. The van der Waals surface area contributed by atoms with E-state index in [9.17, 15) is 9.59 Å². The summed E-state index contributed by atoms with van der Waals surface area (Å²) >= 11 is 0. The summed E-state index contributed by atoms with van der Waals surface area (Å²) in [5, 5.41) is 0. The Labute approximate surface area is 124 Å². The van der Waals surface area contributed by atoms with Gasteiger partial charge in [-0.3, -0.25) is 9.59 Å². The van der Waals surface area contributed by atoms with Gasteiger partial charge in [0.2, 0.25) is 0 Å². The summed E-state index contributed by atoms with van der Waals surface area (Å²) in [4.78, 5) is 22.8. The zero-order valence-electron chi connectivity index (χ0n) is 13.3. The van der Waals surface area contributed by atoms with Crippen molar-refractivity contribution < 1.29 is 19.1 Å². The first kappa shape index (κ1) is 19.4. The second kappa shape index (κ2) is 12.1. The van der Waals surface area contributed by atoms with Gasteiger partial charge in [0.25, 0.3) is 0 Å². The van der Waals surface area contributed by atoms with Crippen molar-refractivity contribution in [1.82, 2.24) is 0 Å². The van der Waals surface area contributed by atoms with Crippen molar-refractivity contribution in [3.05, 3.63) is 0 Å². The van der Waals surface area contributed by atoms with Crippen LogP contribution in [0.4, 0.5) is 0 Å². The molecule has 0 aliphatic heterocycles. The molecule has 0 atom stereocenters. The van der Waals surface area contributed by atoms with Crippen molar-refractivity contribution in [3.63, 3.8) is 0 Å². The van der Waals surface area contributed by atoms with Crippen LogP contribution in [0.3, 0.4) is 0 Å². The van der Waals surface area contributed by atoms with Crippen LogP contribution in [-0.2, 0) is 19.1 Å². The van der Waals surface area contributed by atoms with Crippen molar-refractivity contribution in [2.24, 2.45) is 5.92 Å². The van der Waals surface area contributed by atoms with Crippen LogP contribution >= 0.6 is 7.92 Å². The first-order valence-corrected chi connectivity index (χ1v) is 9.42. The van der Waals surface area contributed by atoms with E-state index in [1.54, 1.807) is 0 Å². The Hall–Kier alpha value is -0.630. The monoisotopic (exact) mass is 304 g/mol. The summed E-state index contributed by atoms with van der Waals surface area (Å²) < 4.78 is 9.92. The molecule has 5 heteroatoms. The van der Waals surface area contributed by atoms with E-state index in [1.807, 2.05) is 13.8 Å². The Morgan fingerprint density at radius 2 is 1.35 bits per heavy atom. The molecule has 0 aliphatic rings. The van der Waals surface area contributed by atoms with E-state index in [4.69, 9.17) is 9.47 Å². The van der Waals surface area contributed by atoms with Crippen LogP contribution in [0, 0.1) is 5.92 Å². The molecule has 0 heterocycles. The van der Waals surface area contributed by atoms with Gasteiger partial charge in [-0.05, 0) is 44.7 Å². The van der Waals surface area contributed by atoms with E-state index < -0.39 is 0 Å². The van der Waals surface area contributed by atoms with E-state index in [0.717, 1.165) is 24.9 Å². The van der Waals surface area contributed by atoms with E-state index in [-0.39, 0.29) is 19.9 Å². The molecule has 0 aliphatic carbocycles. The van der Waals surface area contributed by atoms with E-state index in [2.05, 4.69) is 13.8 Å². The summed E-state index contributed by atoms with van der Waals surface area (Å²) in [5.41, 5.74) is 0. The highest BCUT2D eigenvalue weighted by Crippen LogP contribution is 2.38. The largest absolute Gasteiger partial charge is 0.466 e. The van der Waals surface area contributed by atoms with Gasteiger partial charge in [-0.15, -0.1) is 7.92 Å². The van der Waals surface area contributed by atoms with Gasteiger partial charge in [-0.2, -0.15) is 0 Å². The molecule has 0 unspecified atom stereocenters. The minimum atomic E-state index is -0.281. The molecule has 0 rings (SSSR count).